The van der Waals surface area contributed by atoms with E-state index in [9.17, 15) is 19.2 Å². The molecule has 0 aliphatic rings. The standard InChI is InChI=1S/C48H48O10/c1-9-37-28-43(57-48(52)40-17-21-42(22-18-40)56-34(8)31(2)3)23-24-44(37)58-45(49)25-12-35-10-13-38(14-11-35)39-15-19-41(20-16-39)53-27-26-36(29-54-46(50)32(4)5)30-55-47(51)33(6)7/h10-25,28,36H,2,4,6,8-9,26-27,29-30H2,1,3,5,7H3/b25-12+. The molecule has 0 radical (unpaired) electrons. The number of aryl methyl sites for hydroxylation is 1. The van der Waals surface area contributed by atoms with Crippen LogP contribution in [0.5, 0.6) is 23.0 Å². The van der Waals surface area contributed by atoms with Crippen molar-refractivity contribution in [1.29, 1.82) is 0 Å². The number of carbonyl (C=O) groups excluding carboxylic acids is 4. The highest BCUT2D eigenvalue weighted by Crippen LogP contribution is 2.27. The van der Waals surface area contributed by atoms with Crippen LogP contribution in [0.3, 0.4) is 0 Å². The maximum atomic E-state index is 12.8. The van der Waals surface area contributed by atoms with Gasteiger partial charge in [-0.25, -0.2) is 19.2 Å². The molecule has 0 amide bonds. The van der Waals surface area contributed by atoms with E-state index in [1.165, 1.54) is 6.08 Å². The second kappa shape index (κ2) is 21.4. The van der Waals surface area contributed by atoms with Gasteiger partial charge in [0, 0.05) is 23.1 Å². The fourth-order valence-electron chi connectivity index (χ4n) is 5.08. The van der Waals surface area contributed by atoms with Crippen LogP contribution in [0.1, 0.15) is 55.6 Å². The van der Waals surface area contributed by atoms with Crippen molar-refractivity contribution in [3.63, 3.8) is 0 Å². The number of carbonyl (C=O) groups is 4. The van der Waals surface area contributed by atoms with Crippen LogP contribution in [0.25, 0.3) is 17.2 Å². The van der Waals surface area contributed by atoms with Crippen molar-refractivity contribution >= 4 is 30.0 Å². The number of rotatable bonds is 20. The Morgan fingerprint density at radius 2 is 1.19 bits per heavy atom. The maximum Gasteiger partial charge on any atom is 0.343 e. The van der Waals surface area contributed by atoms with Crippen LogP contribution in [0.2, 0.25) is 0 Å². The minimum atomic E-state index is -0.553. The van der Waals surface area contributed by atoms with Gasteiger partial charge in [-0.2, -0.15) is 0 Å². The molecule has 4 rings (SSSR count). The van der Waals surface area contributed by atoms with Gasteiger partial charge in [-0.1, -0.05) is 69.6 Å². The molecule has 300 valence electrons. The largest absolute Gasteiger partial charge is 0.494 e. The van der Waals surface area contributed by atoms with E-state index in [1.54, 1.807) is 69.3 Å². The highest BCUT2D eigenvalue weighted by Gasteiger charge is 2.17. The Morgan fingerprint density at radius 3 is 1.74 bits per heavy atom. The molecule has 0 unspecified atom stereocenters. The van der Waals surface area contributed by atoms with Gasteiger partial charge in [-0.15, -0.1) is 0 Å². The van der Waals surface area contributed by atoms with Gasteiger partial charge in [0.25, 0.3) is 0 Å². The van der Waals surface area contributed by atoms with Crippen molar-refractivity contribution in [1.82, 2.24) is 0 Å². The van der Waals surface area contributed by atoms with Gasteiger partial charge in [0.05, 0.1) is 25.4 Å². The van der Waals surface area contributed by atoms with Crippen molar-refractivity contribution in [2.75, 3.05) is 19.8 Å². The molecule has 0 atom stereocenters. The predicted molar refractivity (Wildman–Crippen MR) is 223 cm³/mol. The molecule has 0 saturated carbocycles. The second-order valence-electron chi connectivity index (χ2n) is 13.5. The van der Waals surface area contributed by atoms with Gasteiger partial charge in [0.1, 0.15) is 28.8 Å². The van der Waals surface area contributed by atoms with Gasteiger partial charge in [-0.05, 0) is 122 Å². The SMILES string of the molecule is C=C(C)C(=C)Oc1ccc(C(=O)Oc2ccc(OC(=O)/C=C/c3ccc(-c4ccc(OCCC(COC(=O)C(=C)C)COC(=O)C(=C)C)cc4)cc3)c(CC)c2)cc1. The summed E-state index contributed by atoms with van der Waals surface area (Å²) in [6.45, 7) is 22.0. The zero-order valence-electron chi connectivity index (χ0n) is 33.3. The first-order valence-electron chi connectivity index (χ1n) is 18.6. The number of hydrogen-bond acceptors (Lipinski definition) is 10. The molecule has 0 N–H and O–H groups in total. The summed E-state index contributed by atoms with van der Waals surface area (Å²) in [6.07, 6.45) is 4.03. The fraction of sp³-hybridized carbons (Fsp3) is 0.208. The van der Waals surface area contributed by atoms with E-state index in [2.05, 4.69) is 26.3 Å². The third kappa shape index (κ3) is 13.7. The molecule has 10 nitrogen and oxygen atoms in total. The molecule has 4 aromatic rings. The van der Waals surface area contributed by atoms with Crippen molar-refractivity contribution in [2.24, 2.45) is 5.92 Å². The molecule has 0 aliphatic heterocycles. The molecule has 0 aliphatic carbocycles. The minimum absolute atomic E-state index is 0.0565. The summed E-state index contributed by atoms with van der Waals surface area (Å²) >= 11 is 0. The van der Waals surface area contributed by atoms with E-state index in [0.29, 0.717) is 64.9 Å². The smallest absolute Gasteiger partial charge is 0.343 e. The topological polar surface area (TPSA) is 124 Å². The third-order valence-electron chi connectivity index (χ3n) is 8.54. The zero-order valence-corrected chi connectivity index (χ0v) is 33.3. The van der Waals surface area contributed by atoms with Gasteiger partial charge in [0.15, 0.2) is 0 Å². The lowest BCUT2D eigenvalue weighted by atomic mass is 10.0. The summed E-state index contributed by atoms with van der Waals surface area (Å²) in [7, 11) is 0. The summed E-state index contributed by atoms with van der Waals surface area (Å²) in [5.41, 5.74) is 5.04. The van der Waals surface area contributed by atoms with E-state index >= 15 is 0 Å². The lowest BCUT2D eigenvalue weighted by molar-refractivity contribution is -0.144. The van der Waals surface area contributed by atoms with Crippen molar-refractivity contribution in [3.05, 3.63) is 163 Å². The van der Waals surface area contributed by atoms with E-state index in [0.717, 1.165) is 16.7 Å². The Bertz CT molecular complexity index is 2140. The quantitative estimate of drug-likeness (QED) is 0.0281. The number of benzene rings is 4. The number of allylic oxidation sites excluding steroid dienone is 1. The molecule has 58 heavy (non-hydrogen) atoms. The molecule has 0 aromatic heterocycles. The fourth-order valence-corrected chi connectivity index (χ4v) is 5.08. The van der Waals surface area contributed by atoms with Crippen LogP contribution in [-0.4, -0.2) is 43.7 Å². The molecule has 4 aromatic carbocycles. The van der Waals surface area contributed by atoms with Gasteiger partial charge in [0.2, 0.25) is 0 Å². The number of esters is 4. The lowest BCUT2D eigenvalue weighted by Crippen LogP contribution is -2.23. The van der Waals surface area contributed by atoms with Crippen LogP contribution in [-0.2, 0) is 30.3 Å². The Hall–Kier alpha value is -6.94. The van der Waals surface area contributed by atoms with Crippen LogP contribution in [0, 0.1) is 5.92 Å². The van der Waals surface area contributed by atoms with Crippen molar-refractivity contribution in [2.45, 2.75) is 40.5 Å². The third-order valence-corrected chi connectivity index (χ3v) is 8.54. The molecule has 0 bridgehead atoms. The van der Waals surface area contributed by atoms with Gasteiger partial charge in [-0.3, -0.25) is 0 Å². The van der Waals surface area contributed by atoms with Crippen molar-refractivity contribution < 1.29 is 47.6 Å². The average Bonchev–Trinajstić information content (AvgIpc) is 3.21. The number of hydrogen-bond donors (Lipinski definition) is 0. The van der Waals surface area contributed by atoms with E-state index in [4.69, 9.17) is 28.4 Å². The highest BCUT2D eigenvalue weighted by atomic mass is 16.6. The Balaban J connectivity index is 1.27. The van der Waals surface area contributed by atoms with Crippen LogP contribution < -0.4 is 18.9 Å². The van der Waals surface area contributed by atoms with Gasteiger partial charge >= 0.3 is 23.9 Å². The van der Waals surface area contributed by atoms with Crippen LogP contribution in [0.15, 0.2) is 146 Å². The minimum Gasteiger partial charge on any atom is -0.494 e. The zero-order chi connectivity index (χ0) is 42.2. The van der Waals surface area contributed by atoms with Gasteiger partial charge < -0.3 is 28.4 Å². The summed E-state index contributed by atoms with van der Waals surface area (Å²) in [5, 5.41) is 0. The Kier molecular flexibility index (Phi) is 16.1. The molecular weight excluding hydrogens is 737 g/mol. The second-order valence-corrected chi connectivity index (χ2v) is 13.5. The molecular formula is C48H48O10. The summed E-state index contributed by atoms with van der Waals surface area (Å²) in [6, 6.07) is 26.6. The highest BCUT2D eigenvalue weighted by molar-refractivity contribution is 5.91. The average molecular weight is 785 g/mol. The normalized spacial score (nSPS) is 10.7. The Morgan fingerprint density at radius 1 is 0.638 bits per heavy atom. The molecule has 0 fully saturated rings. The van der Waals surface area contributed by atoms with E-state index < -0.39 is 23.9 Å². The van der Waals surface area contributed by atoms with Crippen LogP contribution in [0.4, 0.5) is 0 Å². The maximum absolute atomic E-state index is 12.8. The first-order chi connectivity index (χ1) is 27.7. The molecule has 0 spiro atoms. The van der Waals surface area contributed by atoms with Crippen LogP contribution >= 0.6 is 0 Å². The monoisotopic (exact) mass is 784 g/mol. The summed E-state index contributed by atoms with van der Waals surface area (Å²) in [4.78, 5) is 49.3. The molecule has 10 heteroatoms. The summed E-state index contributed by atoms with van der Waals surface area (Å²) in [5.74, 6) is -0.0911. The first-order valence-corrected chi connectivity index (χ1v) is 18.6. The van der Waals surface area contributed by atoms with Crippen molar-refractivity contribution in [3.8, 4) is 34.1 Å². The number of ether oxygens (including phenoxy) is 6. The predicted octanol–water partition coefficient (Wildman–Crippen LogP) is 9.85. The van der Waals surface area contributed by atoms with E-state index in [-0.39, 0.29) is 30.3 Å². The molecule has 0 heterocycles. The first kappa shape index (κ1) is 43.8. The lowest BCUT2D eigenvalue weighted by Gasteiger charge is -2.18. The Labute approximate surface area is 339 Å². The summed E-state index contributed by atoms with van der Waals surface area (Å²) < 4.78 is 33.3. The molecule has 0 saturated heterocycles. The van der Waals surface area contributed by atoms with E-state index in [1.807, 2.05) is 55.5 Å².